The van der Waals surface area contributed by atoms with E-state index in [0.717, 1.165) is 65.7 Å². The van der Waals surface area contributed by atoms with Gasteiger partial charge in [0.1, 0.15) is 5.75 Å². The van der Waals surface area contributed by atoms with E-state index in [2.05, 4.69) is 25.8 Å². The minimum Gasteiger partial charge on any atom is -0.490 e. The first kappa shape index (κ1) is 20.1. The topological polar surface area (TPSA) is 49.8 Å². The van der Waals surface area contributed by atoms with Gasteiger partial charge in [-0.1, -0.05) is 26.0 Å². The van der Waals surface area contributed by atoms with Gasteiger partial charge < -0.3 is 14.7 Å². The van der Waals surface area contributed by atoms with Crippen LogP contribution in [0.1, 0.15) is 53.9 Å². The largest absolute Gasteiger partial charge is 0.490 e. The molecule has 30 heavy (non-hydrogen) atoms. The number of carboxylic acid groups (broad SMARTS) is 1. The molecule has 1 aliphatic heterocycles. The van der Waals surface area contributed by atoms with Crippen LogP contribution in [-0.2, 0) is 12.8 Å². The first-order valence-corrected chi connectivity index (χ1v) is 11.9. The number of hydrogen-bond donors (Lipinski definition) is 1. The van der Waals surface area contributed by atoms with Gasteiger partial charge in [-0.15, -0.1) is 11.3 Å². The van der Waals surface area contributed by atoms with Gasteiger partial charge in [-0.3, -0.25) is 0 Å². The average Bonchev–Trinajstić information content (AvgIpc) is 3.31. The number of benzene rings is 1. The Kier molecular flexibility index (Phi) is 4.94. The van der Waals surface area contributed by atoms with Crippen molar-refractivity contribution in [1.82, 2.24) is 4.90 Å². The van der Waals surface area contributed by atoms with Crippen LogP contribution in [0, 0.1) is 17.3 Å². The summed E-state index contributed by atoms with van der Waals surface area (Å²) in [5.74, 6) is 1.50. The maximum Gasteiger partial charge on any atom is 0.337 e. The quantitative estimate of drug-likeness (QED) is 0.718. The molecule has 2 atom stereocenters. The number of aryl methyl sites for hydroxylation is 1. The van der Waals surface area contributed by atoms with Crippen molar-refractivity contribution in [2.45, 2.75) is 52.1 Å². The van der Waals surface area contributed by atoms with Gasteiger partial charge in [-0.2, -0.15) is 0 Å². The third kappa shape index (κ3) is 3.56. The number of nitrogens with zero attached hydrogens (tertiary/aromatic N) is 1. The Hall–Kier alpha value is -1.85. The van der Waals surface area contributed by atoms with E-state index < -0.39 is 5.97 Å². The Morgan fingerprint density at radius 3 is 2.60 bits per heavy atom. The number of thiophene rings is 1. The fourth-order valence-electron chi connectivity index (χ4n) is 5.85. The van der Waals surface area contributed by atoms with Gasteiger partial charge in [0, 0.05) is 23.5 Å². The highest BCUT2D eigenvalue weighted by Gasteiger charge is 2.41. The standard InChI is InChI=1S/C25H31NO3S/c1-25(2)9-8-21-19(12-25)22(24(27)28)23(30-21)18-6-4-5-7-20(18)29-17-10-15-13-26(3)14-16(15)11-17/h4-7,15-17H,8-14H2,1-3H3,(H,27,28). The second-order valence-electron chi connectivity index (χ2n) is 10.3. The van der Waals surface area contributed by atoms with Crippen LogP contribution in [0.5, 0.6) is 5.75 Å². The first-order chi connectivity index (χ1) is 14.3. The summed E-state index contributed by atoms with van der Waals surface area (Å²) in [6.07, 6.45) is 5.35. The number of carbonyl (C=O) groups is 1. The first-order valence-electron chi connectivity index (χ1n) is 11.1. The predicted octanol–water partition coefficient (Wildman–Crippen LogP) is 5.35. The lowest BCUT2D eigenvalue weighted by molar-refractivity contribution is 0.0696. The van der Waals surface area contributed by atoms with Crippen LogP contribution in [0.4, 0.5) is 0 Å². The van der Waals surface area contributed by atoms with Crippen molar-refractivity contribution in [3.05, 3.63) is 40.3 Å². The summed E-state index contributed by atoms with van der Waals surface area (Å²) in [6, 6.07) is 8.05. The smallest absolute Gasteiger partial charge is 0.337 e. The highest BCUT2D eigenvalue weighted by Crippen LogP contribution is 2.48. The maximum absolute atomic E-state index is 12.3. The average molecular weight is 426 g/mol. The van der Waals surface area contributed by atoms with Crippen molar-refractivity contribution in [3.63, 3.8) is 0 Å². The molecule has 0 bridgehead atoms. The zero-order chi connectivity index (χ0) is 21.0. The second-order valence-corrected chi connectivity index (χ2v) is 11.4. The lowest BCUT2D eigenvalue weighted by Crippen LogP contribution is -2.22. The van der Waals surface area contributed by atoms with Crippen molar-refractivity contribution in [2.75, 3.05) is 20.1 Å². The van der Waals surface area contributed by atoms with Crippen molar-refractivity contribution < 1.29 is 14.6 Å². The van der Waals surface area contributed by atoms with Crippen LogP contribution >= 0.6 is 11.3 Å². The Morgan fingerprint density at radius 1 is 1.20 bits per heavy atom. The Morgan fingerprint density at radius 2 is 1.90 bits per heavy atom. The minimum absolute atomic E-state index is 0.153. The van der Waals surface area contributed by atoms with Crippen LogP contribution in [0.15, 0.2) is 24.3 Å². The van der Waals surface area contributed by atoms with E-state index in [9.17, 15) is 9.90 Å². The monoisotopic (exact) mass is 425 g/mol. The molecule has 5 heteroatoms. The lowest BCUT2D eigenvalue weighted by atomic mass is 9.76. The molecule has 2 heterocycles. The van der Waals surface area contributed by atoms with E-state index in [1.165, 1.54) is 18.0 Å². The lowest BCUT2D eigenvalue weighted by Gasteiger charge is -2.29. The fraction of sp³-hybridized carbons (Fsp3) is 0.560. The third-order valence-corrected chi connectivity index (χ3v) is 8.63. The summed E-state index contributed by atoms with van der Waals surface area (Å²) in [4.78, 5) is 16.9. The number of carboxylic acids is 1. The molecule has 0 spiro atoms. The number of fused-ring (bicyclic) bond motifs is 2. The Bertz CT molecular complexity index is 965. The van der Waals surface area contributed by atoms with Gasteiger partial charge in [-0.25, -0.2) is 4.79 Å². The molecular formula is C25H31NO3S. The van der Waals surface area contributed by atoms with Gasteiger partial charge >= 0.3 is 5.97 Å². The summed E-state index contributed by atoms with van der Waals surface area (Å²) in [6.45, 7) is 6.82. The molecular weight excluding hydrogens is 394 g/mol. The molecule has 2 unspecified atom stereocenters. The van der Waals surface area contributed by atoms with E-state index in [4.69, 9.17) is 4.74 Å². The molecule has 1 aromatic carbocycles. The Balaban J connectivity index is 1.48. The van der Waals surface area contributed by atoms with Crippen molar-refractivity contribution in [3.8, 4) is 16.2 Å². The van der Waals surface area contributed by atoms with Crippen LogP contribution < -0.4 is 4.74 Å². The number of hydrogen-bond acceptors (Lipinski definition) is 4. The van der Waals surface area contributed by atoms with Gasteiger partial charge in [-0.05, 0) is 74.1 Å². The second kappa shape index (κ2) is 7.38. The van der Waals surface area contributed by atoms with E-state index in [-0.39, 0.29) is 11.5 Å². The van der Waals surface area contributed by atoms with E-state index in [1.54, 1.807) is 11.3 Å². The van der Waals surface area contributed by atoms with Crippen molar-refractivity contribution in [2.24, 2.45) is 17.3 Å². The van der Waals surface area contributed by atoms with Crippen LogP contribution in [0.2, 0.25) is 0 Å². The molecule has 1 saturated carbocycles. The molecule has 2 aliphatic carbocycles. The summed E-state index contributed by atoms with van der Waals surface area (Å²) < 4.78 is 6.54. The summed E-state index contributed by atoms with van der Waals surface area (Å²) in [5.41, 5.74) is 2.65. The number of aromatic carboxylic acids is 1. The normalized spacial score (nSPS) is 27.6. The van der Waals surface area contributed by atoms with Crippen LogP contribution in [0.25, 0.3) is 10.4 Å². The van der Waals surface area contributed by atoms with Gasteiger partial charge in [0.05, 0.1) is 16.5 Å². The molecule has 160 valence electrons. The zero-order valence-electron chi connectivity index (χ0n) is 18.1. The fourth-order valence-corrected chi connectivity index (χ4v) is 7.19. The summed E-state index contributed by atoms with van der Waals surface area (Å²) >= 11 is 1.67. The van der Waals surface area contributed by atoms with E-state index in [1.807, 2.05) is 24.3 Å². The zero-order valence-corrected chi connectivity index (χ0v) is 18.9. The number of ether oxygens (including phenoxy) is 1. The highest BCUT2D eigenvalue weighted by molar-refractivity contribution is 7.16. The van der Waals surface area contributed by atoms with Gasteiger partial charge in [0.25, 0.3) is 0 Å². The van der Waals surface area contributed by atoms with Gasteiger partial charge in [0.15, 0.2) is 0 Å². The summed E-state index contributed by atoms with van der Waals surface area (Å²) in [7, 11) is 2.21. The maximum atomic E-state index is 12.3. The molecule has 1 saturated heterocycles. The molecule has 5 rings (SSSR count). The molecule has 1 aromatic heterocycles. The van der Waals surface area contributed by atoms with Crippen molar-refractivity contribution in [1.29, 1.82) is 0 Å². The third-order valence-electron chi connectivity index (χ3n) is 7.30. The SMILES string of the molecule is CN1CC2CC(Oc3ccccc3-c3sc4c(c3C(=O)O)CC(C)(C)CC4)CC2C1. The highest BCUT2D eigenvalue weighted by atomic mass is 32.1. The molecule has 1 N–H and O–H groups in total. The summed E-state index contributed by atoms with van der Waals surface area (Å²) in [5, 5.41) is 10.1. The molecule has 2 fully saturated rings. The Labute approximate surface area is 182 Å². The minimum atomic E-state index is -0.812. The van der Waals surface area contributed by atoms with Crippen molar-refractivity contribution >= 4 is 17.3 Å². The molecule has 0 radical (unpaired) electrons. The van der Waals surface area contributed by atoms with Crippen LogP contribution in [0.3, 0.4) is 0 Å². The number of likely N-dealkylation sites (tertiary alicyclic amines) is 1. The molecule has 3 aliphatic rings. The van der Waals surface area contributed by atoms with Crippen LogP contribution in [-0.4, -0.2) is 42.2 Å². The number of para-hydroxylation sites is 1. The predicted molar refractivity (Wildman–Crippen MR) is 121 cm³/mol. The molecule has 2 aromatic rings. The van der Waals surface area contributed by atoms with E-state index in [0.29, 0.717) is 5.56 Å². The van der Waals surface area contributed by atoms with E-state index >= 15 is 0 Å². The number of rotatable bonds is 4. The molecule has 0 amide bonds. The molecule has 4 nitrogen and oxygen atoms in total. The van der Waals surface area contributed by atoms with Gasteiger partial charge in [0.2, 0.25) is 0 Å².